The molecule has 4 rings (SSSR count). The van der Waals surface area contributed by atoms with Gasteiger partial charge in [0.1, 0.15) is 4.83 Å². The van der Waals surface area contributed by atoms with Crippen molar-refractivity contribution in [1.29, 1.82) is 0 Å². The van der Waals surface area contributed by atoms with Crippen LogP contribution in [0.5, 0.6) is 0 Å². The summed E-state index contributed by atoms with van der Waals surface area (Å²) >= 11 is 1.54. The van der Waals surface area contributed by atoms with Crippen molar-refractivity contribution >= 4 is 32.3 Å². The van der Waals surface area contributed by atoms with E-state index in [1.807, 2.05) is 41.8 Å². The maximum absolute atomic E-state index is 12.5. The fourth-order valence-corrected chi connectivity index (χ4v) is 2.94. The number of thiophene rings is 1. The molecule has 0 aliphatic rings. The van der Waals surface area contributed by atoms with Crippen LogP contribution >= 0.6 is 11.3 Å². The molecule has 0 fully saturated rings. The summed E-state index contributed by atoms with van der Waals surface area (Å²) in [5, 5.41) is 4.55. The molecule has 0 amide bonds. The van der Waals surface area contributed by atoms with Gasteiger partial charge in [-0.2, -0.15) is 0 Å². The highest BCUT2D eigenvalue weighted by molar-refractivity contribution is 7.16. The summed E-state index contributed by atoms with van der Waals surface area (Å²) in [4.78, 5) is 22.1. The van der Waals surface area contributed by atoms with Crippen LogP contribution in [0.3, 0.4) is 0 Å². The van der Waals surface area contributed by atoms with Gasteiger partial charge in [-0.05, 0) is 29.0 Å². The van der Waals surface area contributed by atoms with Crippen LogP contribution in [0.4, 0.5) is 0 Å². The summed E-state index contributed by atoms with van der Waals surface area (Å²) in [5.41, 5.74) is -0.0981. The molecule has 96 valence electrons. The van der Waals surface area contributed by atoms with Crippen LogP contribution in [0.25, 0.3) is 26.9 Å². The molecular formula is C15H9N3OS. The number of fused-ring (bicyclic) bond motifs is 2. The smallest absolute Gasteiger partial charge is 0.265 e. The molecule has 3 aromatic heterocycles. The van der Waals surface area contributed by atoms with Gasteiger partial charge in [-0.3, -0.25) is 9.36 Å². The number of rotatable bonds is 1. The highest BCUT2D eigenvalue weighted by Crippen LogP contribution is 2.18. The quantitative estimate of drug-likeness (QED) is 0.538. The minimum absolute atomic E-state index is 0.0981. The molecule has 0 radical (unpaired) electrons. The molecule has 4 nitrogen and oxygen atoms in total. The number of pyridine rings is 1. The Kier molecular flexibility index (Phi) is 2.40. The molecule has 0 saturated carbocycles. The fraction of sp³-hybridized carbons (Fsp3) is 0. The van der Waals surface area contributed by atoms with Crippen LogP contribution in [-0.2, 0) is 0 Å². The zero-order chi connectivity index (χ0) is 13.5. The number of hydrogen-bond acceptors (Lipinski definition) is 4. The predicted molar refractivity (Wildman–Crippen MR) is 80.5 cm³/mol. The minimum Gasteiger partial charge on any atom is -0.268 e. The Morgan fingerprint density at radius 2 is 1.95 bits per heavy atom. The average Bonchev–Trinajstić information content (AvgIpc) is 2.95. The Balaban J connectivity index is 2.01. The van der Waals surface area contributed by atoms with Gasteiger partial charge in [0.25, 0.3) is 5.56 Å². The first-order chi connectivity index (χ1) is 9.83. The van der Waals surface area contributed by atoms with Crippen LogP contribution in [-0.4, -0.2) is 14.5 Å². The van der Waals surface area contributed by atoms with E-state index in [0.29, 0.717) is 11.3 Å². The molecule has 0 N–H and O–H groups in total. The molecule has 0 unspecified atom stereocenters. The predicted octanol–water partition coefficient (Wildman–Crippen LogP) is 3.00. The molecule has 1 aromatic carbocycles. The summed E-state index contributed by atoms with van der Waals surface area (Å²) in [6.45, 7) is 0. The zero-order valence-electron chi connectivity index (χ0n) is 10.4. The molecule has 5 heteroatoms. The zero-order valence-corrected chi connectivity index (χ0v) is 11.2. The van der Waals surface area contributed by atoms with E-state index in [4.69, 9.17) is 0 Å². The van der Waals surface area contributed by atoms with Crippen molar-refractivity contribution in [2.75, 3.05) is 0 Å². The first kappa shape index (κ1) is 11.3. The van der Waals surface area contributed by atoms with Gasteiger partial charge in [-0.1, -0.05) is 18.2 Å². The van der Waals surface area contributed by atoms with Gasteiger partial charge in [0.05, 0.1) is 0 Å². The lowest BCUT2D eigenvalue weighted by molar-refractivity contribution is 0.911. The third-order valence-corrected chi connectivity index (χ3v) is 4.05. The molecular weight excluding hydrogens is 270 g/mol. The number of nitrogens with zero attached hydrogens (tertiary/aromatic N) is 3. The van der Waals surface area contributed by atoms with Crippen molar-refractivity contribution in [3.05, 3.63) is 64.5 Å². The van der Waals surface area contributed by atoms with E-state index < -0.39 is 0 Å². The van der Waals surface area contributed by atoms with Crippen LogP contribution in [0.1, 0.15) is 0 Å². The summed E-state index contributed by atoms with van der Waals surface area (Å²) < 4.78 is 1.49. The highest BCUT2D eigenvalue weighted by Gasteiger charge is 2.07. The maximum Gasteiger partial charge on any atom is 0.265 e. The van der Waals surface area contributed by atoms with Crippen molar-refractivity contribution in [3.63, 3.8) is 0 Å². The summed E-state index contributed by atoms with van der Waals surface area (Å²) in [6.07, 6.45) is 3.47. The van der Waals surface area contributed by atoms with Gasteiger partial charge < -0.3 is 0 Å². The molecule has 4 aromatic rings. The van der Waals surface area contributed by atoms with E-state index in [1.165, 1.54) is 15.9 Å². The Morgan fingerprint density at radius 1 is 1.05 bits per heavy atom. The van der Waals surface area contributed by atoms with Gasteiger partial charge in [0.2, 0.25) is 5.95 Å². The van der Waals surface area contributed by atoms with E-state index in [2.05, 4.69) is 9.97 Å². The summed E-state index contributed by atoms with van der Waals surface area (Å²) in [7, 11) is 0. The third kappa shape index (κ3) is 1.64. The van der Waals surface area contributed by atoms with Gasteiger partial charge in [0, 0.05) is 23.2 Å². The highest BCUT2D eigenvalue weighted by atomic mass is 32.1. The molecule has 0 aliphatic carbocycles. The van der Waals surface area contributed by atoms with Crippen molar-refractivity contribution in [1.82, 2.24) is 14.5 Å². The Bertz CT molecular complexity index is 987. The second-order valence-corrected chi connectivity index (χ2v) is 5.32. The normalized spacial score (nSPS) is 11.2. The monoisotopic (exact) mass is 279 g/mol. The minimum atomic E-state index is -0.0981. The van der Waals surface area contributed by atoms with Crippen LogP contribution in [0.2, 0.25) is 0 Å². The largest absolute Gasteiger partial charge is 0.268 e. The summed E-state index contributed by atoms with van der Waals surface area (Å²) in [5.74, 6) is 0.413. The Morgan fingerprint density at radius 3 is 2.90 bits per heavy atom. The molecule has 0 saturated heterocycles. The topological polar surface area (TPSA) is 47.8 Å². The van der Waals surface area contributed by atoms with Crippen LogP contribution in [0, 0.1) is 0 Å². The molecule has 0 spiro atoms. The fourth-order valence-electron chi connectivity index (χ4n) is 2.21. The van der Waals surface area contributed by atoms with E-state index in [9.17, 15) is 4.79 Å². The van der Waals surface area contributed by atoms with Crippen LogP contribution < -0.4 is 5.56 Å². The van der Waals surface area contributed by atoms with Gasteiger partial charge in [0.15, 0.2) is 0 Å². The maximum atomic E-state index is 12.5. The van der Waals surface area contributed by atoms with Crippen LogP contribution in [0.15, 0.2) is 59.0 Å². The van der Waals surface area contributed by atoms with E-state index in [1.54, 1.807) is 12.4 Å². The molecule has 20 heavy (non-hydrogen) atoms. The molecule has 0 bridgehead atoms. The second-order valence-electron chi connectivity index (χ2n) is 4.43. The van der Waals surface area contributed by atoms with Crippen molar-refractivity contribution < 1.29 is 0 Å². The SMILES string of the molecule is O=c1c2ccccc2ccn1-c1ncc2ccsc2n1. The van der Waals surface area contributed by atoms with E-state index in [-0.39, 0.29) is 5.56 Å². The molecule has 0 aliphatic heterocycles. The lowest BCUT2D eigenvalue weighted by atomic mass is 10.2. The second kappa shape index (κ2) is 4.25. The van der Waals surface area contributed by atoms with Crippen molar-refractivity contribution in [2.45, 2.75) is 0 Å². The lowest BCUT2D eigenvalue weighted by Gasteiger charge is -2.05. The van der Waals surface area contributed by atoms with Crippen molar-refractivity contribution in [2.24, 2.45) is 0 Å². The summed E-state index contributed by atoms with van der Waals surface area (Å²) in [6, 6.07) is 11.4. The Hall–Kier alpha value is -2.53. The Labute approximate surface area is 118 Å². The first-order valence-electron chi connectivity index (χ1n) is 6.14. The van der Waals surface area contributed by atoms with E-state index >= 15 is 0 Å². The third-order valence-electron chi connectivity index (χ3n) is 3.22. The standard InChI is InChI=1S/C15H9N3OS/c19-14-12-4-2-1-3-10(12)5-7-18(14)15-16-9-11-6-8-20-13(11)17-15/h1-9H. The van der Waals surface area contributed by atoms with Crippen molar-refractivity contribution in [3.8, 4) is 5.95 Å². The number of benzene rings is 1. The molecule has 3 heterocycles. The number of hydrogen-bond donors (Lipinski definition) is 0. The van der Waals surface area contributed by atoms with Gasteiger partial charge in [-0.25, -0.2) is 9.97 Å². The van der Waals surface area contributed by atoms with Gasteiger partial charge >= 0.3 is 0 Å². The lowest BCUT2D eigenvalue weighted by Crippen LogP contribution is -2.19. The molecule has 0 atom stereocenters. The average molecular weight is 279 g/mol. The number of aromatic nitrogens is 3. The first-order valence-corrected chi connectivity index (χ1v) is 7.02. The van der Waals surface area contributed by atoms with E-state index in [0.717, 1.165) is 15.6 Å². The van der Waals surface area contributed by atoms with Gasteiger partial charge in [-0.15, -0.1) is 11.3 Å².